The summed E-state index contributed by atoms with van der Waals surface area (Å²) in [6.45, 7) is 2.74. The number of benzene rings is 3. The topological polar surface area (TPSA) is 164 Å². The van der Waals surface area contributed by atoms with Crippen LogP contribution in [0.1, 0.15) is 73.0 Å². The van der Waals surface area contributed by atoms with Crippen LogP contribution in [0, 0.1) is 5.92 Å². The van der Waals surface area contributed by atoms with Gasteiger partial charge in [-0.2, -0.15) is 0 Å². The Bertz CT molecular complexity index is 1920. The molecular weight excluding hydrogens is 646 g/mol. The third kappa shape index (κ3) is 8.57. The summed E-state index contributed by atoms with van der Waals surface area (Å²) in [6, 6.07) is 23.5. The van der Waals surface area contributed by atoms with Gasteiger partial charge in [-0.15, -0.1) is 0 Å². The summed E-state index contributed by atoms with van der Waals surface area (Å²) in [7, 11) is 0. The van der Waals surface area contributed by atoms with E-state index in [1.807, 2.05) is 54.6 Å². The Morgan fingerprint density at radius 2 is 1.76 bits per heavy atom. The normalized spacial score (nSPS) is 15.4. The third-order valence-electron chi connectivity index (χ3n) is 9.92. The first-order chi connectivity index (χ1) is 24.9. The number of phenolic OH excluding ortho intramolecular Hbond substituents is 1. The molecule has 5 aromatic rings. The second-order valence-corrected chi connectivity index (χ2v) is 13.3. The number of H-pyrrole nitrogens is 1. The summed E-state index contributed by atoms with van der Waals surface area (Å²) in [6.07, 6.45) is 8.40. The summed E-state index contributed by atoms with van der Waals surface area (Å²) >= 11 is 0. The van der Waals surface area contributed by atoms with Crippen molar-refractivity contribution in [2.45, 2.75) is 63.2 Å². The van der Waals surface area contributed by atoms with Crippen molar-refractivity contribution < 1.29 is 24.5 Å². The molecule has 1 aliphatic carbocycles. The molecular formula is C40H47N5O6. The summed E-state index contributed by atoms with van der Waals surface area (Å²) in [4.78, 5) is 32.4. The van der Waals surface area contributed by atoms with Gasteiger partial charge in [0.15, 0.2) is 5.60 Å². The zero-order chi connectivity index (χ0) is 35.6. The minimum Gasteiger partial charge on any atom is -0.506 e. The quantitative estimate of drug-likeness (QED) is 0.0578. The van der Waals surface area contributed by atoms with E-state index < -0.39 is 11.7 Å². The molecule has 0 radical (unpaired) electrons. The van der Waals surface area contributed by atoms with Crippen LogP contribution in [0.2, 0.25) is 0 Å². The van der Waals surface area contributed by atoms with Gasteiger partial charge in [0.25, 0.3) is 0 Å². The number of aromatic hydroxyl groups is 1. The van der Waals surface area contributed by atoms with E-state index in [0.717, 1.165) is 67.6 Å². The number of aliphatic hydroxyl groups is 2. The molecule has 0 saturated heterocycles. The molecule has 3 aromatic carbocycles. The van der Waals surface area contributed by atoms with Gasteiger partial charge >= 0.3 is 0 Å². The number of hydrogen-bond acceptors (Lipinski definition) is 9. The number of aromatic nitrogens is 2. The van der Waals surface area contributed by atoms with Crippen LogP contribution in [0.4, 0.5) is 5.69 Å². The monoisotopic (exact) mass is 693 g/mol. The lowest BCUT2D eigenvalue weighted by atomic mass is 9.73. The summed E-state index contributed by atoms with van der Waals surface area (Å²) in [5.74, 6) is 1.12. The van der Waals surface area contributed by atoms with Crippen LogP contribution in [0.25, 0.3) is 10.9 Å². The maximum Gasteiger partial charge on any atom is 0.248 e. The van der Waals surface area contributed by atoms with Gasteiger partial charge in [-0.05, 0) is 66.8 Å². The molecule has 0 bridgehead atoms. The number of phenols is 1. The van der Waals surface area contributed by atoms with Crippen molar-refractivity contribution in [3.8, 4) is 5.75 Å². The number of aromatic amines is 1. The molecule has 6 N–H and O–H groups in total. The van der Waals surface area contributed by atoms with Crippen LogP contribution in [0.3, 0.4) is 0 Å². The number of nitrogens with zero attached hydrogens (tertiary/aromatic N) is 2. The molecule has 2 atom stereocenters. The fourth-order valence-corrected chi connectivity index (χ4v) is 7.12. The molecule has 11 heteroatoms. The first kappa shape index (κ1) is 36.0. The lowest BCUT2D eigenvalue weighted by Crippen LogP contribution is -2.38. The van der Waals surface area contributed by atoms with Gasteiger partial charge in [0, 0.05) is 55.7 Å². The van der Waals surface area contributed by atoms with E-state index in [0.29, 0.717) is 48.4 Å². The van der Waals surface area contributed by atoms with Gasteiger partial charge < -0.3 is 40.3 Å². The Kier molecular flexibility index (Phi) is 12.0. The zero-order valence-corrected chi connectivity index (χ0v) is 28.8. The van der Waals surface area contributed by atoms with E-state index >= 15 is 0 Å². The summed E-state index contributed by atoms with van der Waals surface area (Å²) < 4.78 is 6.17. The molecule has 1 aliphatic rings. The third-order valence-corrected chi connectivity index (χ3v) is 9.92. The highest BCUT2D eigenvalue weighted by Crippen LogP contribution is 2.43. The Morgan fingerprint density at radius 1 is 0.980 bits per heavy atom. The van der Waals surface area contributed by atoms with E-state index in [1.54, 1.807) is 23.2 Å². The van der Waals surface area contributed by atoms with Crippen molar-refractivity contribution in [2.24, 2.45) is 5.92 Å². The molecule has 1 unspecified atom stereocenters. The van der Waals surface area contributed by atoms with Crippen LogP contribution in [-0.4, -0.2) is 57.9 Å². The van der Waals surface area contributed by atoms with Crippen molar-refractivity contribution in [2.75, 3.05) is 31.1 Å². The van der Waals surface area contributed by atoms with E-state index in [9.17, 15) is 24.9 Å². The van der Waals surface area contributed by atoms with Crippen LogP contribution in [-0.2, 0) is 23.4 Å². The molecule has 6 rings (SSSR count). The van der Waals surface area contributed by atoms with Crippen LogP contribution in [0.15, 0.2) is 94.3 Å². The maximum absolute atomic E-state index is 12.0. The smallest absolute Gasteiger partial charge is 0.248 e. The molecule has 2 aromatic heterocycles. The molecule has 1 saturated carbocycles. The Hall–Kier alpha value is -4.81. The van der Waals surface area contributed by atoms with Crippen LogP contribution < -0.4 is 21.1 Å². The molecule has 0 spiro atoms. The van der Waals surface area contributed by atoms with Gasteiger partial charge in [0.2, 0.25) is 17.9 Å². The van der Waals surface area contributed by atoms with E-state index in [2.05, 4.69) is 20.6 Å². The molecule has 2 heterocycles. The Morgan fingerprint density at radius 3 is 2.53 bits per heavy atom. The standard InChI is InChI=1S/C40H47N5O6/c46-27-45(31-14-12-28(13-15-31)24-42-26-36(48)33-16-18-35(47)38-34(33)17-19-37(49)44-38)23-7-21-41-22-20-32-25-43-39(51-32)40(50,29-8-3-1-4-9-29)30-10-5-2-6-11-30/h1,3-4,8-9,12-19,25,27,30,36,41-42,47-48,50H,2,5-7,10-11,20-24,26H2,(H,44,49)/t36-,40?/m1/s1. The fraction of sp³-hybridized carbons (Fsp3) is 0.375. The van der Waals surface area contributed by atoms with Crippen molar-refractivity contribution >= 4 is 23.0 Å². The first-order valence-electron chi connectivity index (χ1n) is 17.8. The van der Waals surface area contributed by atoms with E-state index in [-0.39, 0.29) is 23.8 Å². The second-order valence-electron chi connectivity index (χ2n) is 13.3. The number of amides is 1. The Balaban J connectivity index is 0.932. The summed E-state index contributed by atoms with van der Waals surface area (Å²) in [5, 5.41) is 40.2. The average Bonchev–Trinajstić information content (AvgIpc) is 3.65. The van der Waals surface area contributed by atoms with Crippen molar-refractivity contribution in [1.82, 2.24) is 20.6 Å². The number of oxazole rings is 1. The van der Waals surface area contributed by atoms with Crippen molar-refractivity contribution in [3.05, 3.63) is 124 Å². The average molecular weight is 694 g/mol. The van der Waals surface area contributed by atoms with E-state index in [4.69, 9.17) is 4.42 Å². The Labute approximate surface area is 297 Å². The highest BCUT2D eigenvalue weighted by Gasteiger charge is 2.44. The van der Waals surface area contributed by atoms with Gasteiger partial charge in [-0.1, -0.05) is 67.8 Å². The number of carbonyl (C=O) groups excluding carboxylic acids is 1. The molecule has 1 amide bonds. The number of anilines is 1. The second kappa shape index (κ2) is 16.9. The molecule has 51 heavy (non-hydrogen) atoms. The largest absolute Gasteiger partial charge is 0.506 e. The van der Waals surface area contributed by atoms with Crippen molar-refractivity contribution in [3.63, 3.8) is 0 Å². The summed E-state index contributed by atoms with van der Waals surface area (Å²) in [5.41, 5.74) is 1.96. The predicted octanol–water partition coefficient (Wildman–Crippen LogP) is 5.05. The van der Waals surface area contributed by atoms with Gasteiger partial charge in [0.05, 0.1) is 17.8 Å². The number of nitrogens with one attached hydrogen (secondary N) is 3. The minimum atomic E-state index is -1.24. The molecule has 1 fully saturated rings. The first-order valence-corrected chi connectivity index (χ1v) is 17.8. The minimum absolute atomic E-state index is 0.0482. The molecule has 11 nitrogen and oxygen atoms in total. The number of fused-ring (bicyclic) bond motifs is 1. The van der Waals surface area contributed by atoms with Gasteiger partial charge in [-0.25, -0.2) is 4.98 Å². The fourth-order valence-electron chi connectivity index (χ4n) is 7.12. The maximum atomic E-state index is 12.0. The van der Waals surface area contributed by atoms with Gasteiger partial charge in [-0.3, -0.25) is 9.59 Å². The van der Waals surface area contributed by atoms with Crippen LogP contribution in [0.5, 0.6) is 5.75 Å². The number of pyridine rings is 1. The SMILES string of the molecule is O=CN(CCCNCCc1cnc(C(O)(c2ccccc2)C2CCCCC2)o1)c1ccc(CNC[C@@H](O)c2ccc(O)c3[nH]c(=O)ccc23)cc1. The number of rotatable bonds is 17. The zero-order valence-electron chi connectivity index (χ0n) is 28.8. The van der Waals surface area contributed by atoms with E-state index in [1.165, 1.54) is 18.6 Å². The van der Waals surface area contributed by atoms with Gasteiger partial charge in [0.1, 0.15) is 11.5 Å². The molecule has 268 valence electrons. The predicted molar refractivity (Wildman–Crippen MR) is 196 cm³/mol. The number of carbonyl (C=O) groups is 1. The molecule has 0 aliphatic heterocycles. The highest BCUT2D eigenvalue weighted by atomic mass is 16.4. The number of aliphatic hydroxyl groups excluding tert-OH is 1. The number of hydrogen-bond donors (Lipinski definition) is 6. The highest BCUT2D eigenvalue weighted by molar-refractivity contribution is 5.87. The lowest BCUT2D eigenvalue weighted by Gasteiger charge is -2.36. The van der Waals surface area contributed by atoms with Crippen molar-refractivity contribution in [1.29, 1.82) is 0 Å². The van der Waals surface area contributed by atoms with Crippen LogP contribution >= 0.6 is 0 Å². The lowest BCUT2D eigenvalue weighted by molar-refractivity contribution is -0.107.